The van der Waals surface area contributed by atoms with E-state index in [1.54, 1.807) is 0 Å². The lowest BCUT2D eigenvalue weighted by Crippen LogP contribution is -2.14. The Morgan fingerprint density at radius 2 is 1.71 bits per heavy atom. The Balaban J connectivity index is 2.34. The Hall–Kier alpha value is -1.63. The molecule has 1 amide bonds. The highest BCUT2D eigenvalue weighted by Crippen LogP contribution is 2.25. The van der Waals surface area contributed by atoms with Gasteiger partial charge in [0, 0.05) is 5.56 Å². The second-order valence-corrected chi connectivity index (χ2v) is 6.15. The van der Waals surface area contributed by atoms with Crippen molar-refractivity contribution in [2.45, 2.75) is 4.90 Å². The molecule has 0 aliphatic heterocycles. The van der Waals surface area contributed by atoms with E-state index in [-0.39, 0.29) is 21.3 Å². The van der Waals surface area contributed by atoms with E-state index in [0.717, 1.165) is 6.07 Å². The van der Waals surface area contributed by atoms with Crippen molar-refractivity contribution < 1.29 is 17.1 Å². The number of nitrogens with one attached hydrogen (secondary N) is 1. The SMILES string of the molecule is O=C(Nc1ccccc1S(=O)(=O)F)c1ccc(Cl)c(Cl)c1. The first-order valence-corrected chi connectivity index (χ1v) is 7.73. The van der Waals surface area contributed by atoms with Gasteiger partial charge in [-0.3, -0.25) is 4.79 Å². The van der Waals surface area contributed by atoms with Crippen molar-refractivity contribution in [2.75, 3.05) is 5.32 Å². The molecule has 0 heterocycles. The van der Waals surface area contributed by atoms with Gasteiger partial charge < -0.3 is 5.32 Å². The van der Waals surface area contributed by atoms with Crippen LogP contribution in [0, 0.1) is 0 Å². The number of carbonyl (C=O) groups is 1. The van der Waals surface area contributed by atoms with Gasteiger partial charge in [0.1, 0.15) is 4.90 Å². The normalized spacial score (nSPS) is 11.2. The highest BCUT2D eigenvalue weighted by atomic mass is 35.5. The summed E-state index contributed by atoms with van der Waals surface area (Å²) in [5.41, 5.74) is 0.00605. The lowest BCUT2D eigenvalue weighted by atomic mass is 10.2. The maximum Gasteiger partial charge on any atom is 0.334 e. The number of hydrogen-bond donors (Lipinski definition) is 1. The molecule has 21 heavy (non-hydrogen) atoms. The van der Waals surface area contributed by atoms with Crippen LogP contribution in [0.3, 0.4) is 0 Å². The third-order valence-corrected chi connectivity index (χ3v) is 4.20. The summed E-state index contributed by atoms with van der Waals surface area (Å²) in [5, 5.41) is 2.77. The average molecular weight is 348 g/mol. The van der Waals surface area contributed by atoms with Crippen LogP contribution >= 0.6 is 23.2 Å². The highest BCUT2D eigenvalue weighted by Gasteiger charge is 2.18. The van der Waals surface area contributed by atoms with Gasteiger partial charge in [0.05, 0.1) is 15.7 Å². The highest BCUT2D eigenvalue weighted by molar-refractivity contribution is 7.86. The van der Waals surface area contributed by atoms with Crippen molar-refractivity contribution in [3.05, 3.63) is 58.1 Å². The maximum atomic E-state index is 13.1. The van der Waals surface area contributed by atoms with Gasteiger partial charge in [-0.05, 0) is 30.3 Å². The predicted octanol–water partition coefficient (Wildman–Crippen LogP) is 3.90. The molecule has 0 aliphatic rings. The van der Waals surface area contributed by atoms with Gasteiger partial charge in [-0.1, -0.05) is 35.3 Å². The number of carbonyl (C=O) groups excluding carboxylic acids is 1. The number of rotatable bonds is 3. The van der Waals surface area contributed by atoms with E-state index < -0.39 is 21.0 Å². The summed E-state index contributed by atoms with van der Waals surface area (Å²) >= 11 is 11.5. The van der Waals surface area contributed by atoms with Crippen LogP contribution in [0.25, 0.3) is 0 Å². The fourth-order valence-corrected chi connectivity index (χ4v) is 2.54. The standard InChI is InChI=1S/C13H8Cl2FNO3S/c14-9-6-5-8(7-10(9)15)13(18)17-11-3-1-2-4-12(11)21(16,19)20/h1-7H,(H,17,18). The molecule has 2 aromatic rings. The van der Waals surface area contributed by atoms with Crippen LogP contribution in [0.15, 0.2) is 47.4 Å². The molecule has 0 saturated heterocycles. The number of benzene rings is 2. The summed E-state index contributed by atoms with van der Waals surface area (Å²) in [6.07, 6.45) is 0. The Morgan fingerprint density at radius 1 is 1.05 bits per heavy atom. The van der Waals surface area contributed by atoms with Crippen LogP contribution in [0.1, 0.15) is 10.4 Å². The zero-order valence-corrected chi connectivity index (χ0v) is 12.6. The molecule has 0 aliphatic carbocycles. The van der Waals surface area contributed by atoms with Crippen LogP contribution in [-0.2, 0) is 10.2 Å². The third-order valence-electron chi connectivity index (χ3n) is 2.58. The van der Waals surface area contributed by atoms with Gasteiger partial charge in [-0.2, -0.15) is 8.42 Å². The van der Waals surface area contributed by atoms with Crippen LogP contribution in [0.5, 0.6) is 0 Å². The van der Waals surface area contributed by atoms with Crippen LogP contribution in [0.2, 0.25) is 10.0 Å². The molecule has 8 heteroatoms. The van der Waals surface area contributed by atoms with Crippen LogP contribution in [-0.4, -0.2) is 14.3 Å². The first-order chi connectivity index (χ1) is 9.79. The van der Waals surface area contributed by atoms with E-state index >= 15 is 0 Å². The smallest absolute Gasteiger partial charge is 0.321 e. The Labute approximate surface area is 130 Å². The third kappa shape index (κ3) is 3.72. The zero-order valence-electron chi connectivity index (χ0n) is 10.3. The molecule has 0 saturated carbocycles. The molecule has 0 spiro atoms. The number of halogens is 3. The van der Waals surface area contributed by atoms with E-state index in [2.05, 4.69) is 5.32 Å². The lowest BCUT2D eigenvalue weighted by molar-refractivity contribution is 0.102. The minimum atomic E-state index is -4.94. The number of anilines is 1. The summed E-state index contributed by atoms with van der Waals surface area (Å²) in [5.74, 6) is -0.635. The molecular weight excluding hydrogens is 340 g/mol. The van der Waals surface area contributed by atoms with E-state index in [0.29, 0.717) is 0 Å². The van der Waals surface area contributed by atoms with Gasteiger partial charge in [0.2, 0.25) is 0 Å². The molecule has 2 aromatic carbocycles. The van der Waals surface area contributed by atoms with E-state index in [1.165, 1.54) is 36.4 Å². The number of amides is 1. The molecule has 0 aromatic heterocycles. The molecule has 0 bridgehead atoms. The lowest BCUT2D eigenvalue weighted by Gasteiger charge is -2.08. The predicted molar refractivity (Wildman–Crippen MR) is 79.2 cm³/mol. The summed E-state index contributed by atoms with van der Waals surface area (Å²) in [7, 11) is -4.94. The molecular formula is C13H8Cl2FNO3S. The Morgan fingerprint density at radius 3 is 2.33 bits per heavy atom. The van der Waals surface area contributed by atoms with Crippen molar-refractivity contribution in [1.29, 1.82) is 0 Å². The Bertz CT molecular complexity index is 809. The molecule has 0 fully saturated rings. The van der Waals surface area contributed by atoms with E-state index in [9.17, 15) is 17.1 Å². The molecule has 110 valence electrons. The first kappa shape index (κ1) is 15.8. The molecule has 0 unspecified atom stereocenters. The summed E-state index contributed by atoms with van der Waals surface area (Å²) in [4.78, 5) is 11.4. The van der Waals surface area contributed by atoms with E-state index in [1.807, 2.05) is 0 Å². The van der Waals surface area contributed by atoms with Gasteiger partial charge in [0.15, 0.2) is 0 Å². The zero-order chi connectivity index (χ0) is 15.6. The van der Waals surface area contributed by atoms with E-state index in [4.69, 9.17) is 23.2 Å². The number of para-hydroxylation sites is 1. The molecule has 4 nitrogen and oxygen atoms in total. The van der Waals surface area contributed by atoms with Crippen LogP contribution in [0.4, 0.5) is 9.57 Å². The summed E-state index contributed by atoms with van der Waals surface area (Å²) in [6.45, 7) is 0. The van der Waals surface area contributed by atoms with Crippen molar-refractivity contribution in [1.82, 2.24) is 0 Å². The monoisotopic (exact) mass is 347 g/mol. The average Bonchev–Trinajstić information content (AvgIpc) is 2.41. The fourth-order valence-electron chi connectivity index (χ4n) is 1.61. The van der Waals surface area contributed by atoms with Gasteiger partial charge in [-0.25, -0.2) is 0 Å². The molecule has 0 radical (unpaired) electrons. The fraction of sp³-hybridized carbons (Fsp3) is 0. The molecule has 0 atom stereocenters. The number of hydrogen-bond acceptors (Lipinski definition) is 3. The minimum Gasteiger partial charge on any atom is -0.321 e. The summed E-state index contributed by atoms with van der Waals surface area (Å²) in [6, 6.07) is 9.32. The largest absolute Gasteiger partial charge is 0.334 e. The van der Waals surface area contributed by atoms with Gasteiger partial charge >= 0.3 is 10.2 Å². The topological polar surface area (TPSA) is 63.2 Å². The van der Waals surface area contributed by atoms with Crippen molar-refractivity contribution in [3.8, 4) is 0 Å². The van der Waals surface area contributed by atoms with Gasteiger partial charge in [-0.15, -0.1) is 3.89 Å². The molecule has 2 rings (SSSR count). The molecule has 1 N–H and O–H groups in total. The second-order valence-electron chi connectivity index (χ2n) is 4.02. The van der Waals surface area contributed by atoms with Crippen molar-refractivity contribution in [2.24, 2.45) is 0 Å². The first-order valence-electron chi connectivity index (χ1n) is 5.59. The van der Waals surface area contributed by atoms with Crippen molar-refractivity contribution >= 4 is 45.0 Å². The quantitative estimate of drug-likeness (QED) is 0.856. The van der Waals surface area contributed by atoms with Gasteiger partial charge in [0.25, 0.3) is 5.91 Å². The maximum absolute atomic E-state index is 13.1. The summed E-state index contributed by atoms with van der Waals surface area (Å²) < 4.78 is 35.2. The Kier molecular flexibility index (Phi) is 4.51. The van der Waals surface area contributed by atoms with Crippen molar-refractivity contribution in [3.63, 3.8) is 0 Å². The van der Waals surface area contributed by atoms with Crippen LogP contribution < -0.4 is 5.32 Å². The second kappa shape index (κ2) is 6.01. The minimum absolute atomic E-state index is 0.156.